The lowest BCUT2D eigenvalue weighted by Crippen LogP contribution is -2.30. The van der Waals surface area contributed by atoms with Gasteiger partial charge in [0.15, 0.2) is 5.60 Å². The van der Waals surface area contributed by atoms with Gasteiger partial charge < -0.3 is 14.7 Å². The van der Waals surface area contributed by atoms with Gasteiger partial charge in [0.25, 0.3) is 0 Å². The number of rotatable bonds is 4. The van der Waals surface area contributed by atoms with E-state index in [-0.39, 0.29) is 13.0 Å². The number of cyclic esters (lactones) is 1. The highest BCUT2D eigenvalue weighted by molar-refractivity contribution is 5.73. The van der Waals surface area contributed by atoms with E-state index in [4.69, 9.17) is 9.84 Å². The third-order valence-electron chi connectivity index (χ3n) is 3.04. The van der Waals surface area contributed by atoms with Crippen LogP contribution in [0.3, 0.4) is 0 Å². The zero-order valence-corrected chi connectivity index (χ0v) is 10.1. The predicted molar refractivity (Wildman–Crippen MR) is 64.1 cm³/mol. The minimum absolute atomic E-state index is 0.0695. The van der Waals surface area contributed by atoms with Crippen LogP contribution in [0.15, 0.2) is 30.3 Å². The highest BCUT2D eigenvalue weighted by Crippen LogP contribution is 2.32. The molecule has 0 radical (unpaired) electrons. The number of amides is 1. The second-order valence-corrected chi connectivity index (χ2v) is 4.53. The zero-order chi connectivity index (χ0) is 13.2. The Kier molecular flexibility index (Phi) is 3.23. The van der Waals surface area contributed by atoms with E-state index in [1.165, 1.54) is 4.90 Å². The maximum Gasteiger partial charge on any atom is 0.410 e. The SMILES string of the molecule is CC1(c2ccccc2)CN(CCC(=O)O)C(=O)O1. The van der Waals surface area contributed by atoms with Gasteiger partial charge in [-0.2, -0.15) is 0 Å². The van der Waals surface area contributed by atoms with Crippen molar-refractivity contribution in [1.82, 2.24) is 4.90 Å². The average Bonchev–Trinajstić information content (AvgIpc) is 2.64. The number of hydrogen-bond acceptors (Lipinski definition) is 3. The number of carbonyl (C=O) groups excluding carboxylic acids is 1. The fourth-order valence-corrected chi connectivity index (χ4v) is 2.06. The van der Waals surface area contributed by atoms with Crippen LogP contribution in [0.25, 0.3) is 0 Å². The van der Waals surface area contributed by atoms with E-state index in [1.54, 1.807) is 0 Å². The van der Waals surface area contributed by atoms with Crippen molar-refractivity contribution >= 4 is 12.1 Å². The van der Waals surface area contributed by atoms with E-state index in [0.29, 0.717) is 6.54 Å². The van der Waals surface area contributed by atoms with E-state index in [2.05, 4.69) is 0 Å². The number of benzene rings is 1. The van der Waals surface area contributed by atoms with Crippen LogP contribution in [0.1, 0.15) is 18.9 Å². The molecule has 1 fully saturated rings. The molecule has 1 atom stereocenters. The molecule has 1 aromatic carbocycles. The Bertz CT molecular complexity index is 459. The third-order valence-corrected chi connectivity index (χ3v) is 3.04. The summed E-state index contributed by atoms with van der Waals surface area (Å²) < 4.78 is 5.37. The van der Waals surface area contributed by atoms with Crippen LogP contribution >= 0.6 is 0 Å². The van der Waals surface area contributed by atoms with Crippen molar-refractivity contribution < 1.29 is 19.4 Å². The molecule has 0 saturated carbocycles. The van der Waals surface area contributed by atoms with E-state index in [9.17, 15) is 9.59 Å². The van der Waals surface area contributed by atoms with Crippen molar-refractivity contribution in [3.8, 4) is 0 Å². The van der Waals surface area contributed by atoms with Gasteiger partial charge in [-0.3, -0.25) is 4.79 Å². The van der Waals surface area contributed by atoms with Crippen molar-refractivity contribution in [3.63, 3.8) is 0 Å². The average molecular weight is 249 g/mol. The Balaban J connectivity index is 2.10. The second kappa shape index (κ2) is 4.68. The van der Waals surface area contributed by atoms with Gasteiger partial charge in [-0.15, -0.1) is 0 Å². The normalized spacial score (nSPS) is 22.9. The Labute approximate surface area is 105 Å². The van der Waals surface area contributed by atoms with Gasteiger partial charge in [0.05, 0.1) is 13.0 Å². The van der Waals surface area contributed by atoms with Crippen LogP contribution in [-0.4, -0.2) is 35.2 Å². The Hall–Kier alpha value is -2.04. The van der Waals surface area contributed by atoms with Gasteiger partial charge in [0.2, 0.25) is 0 Å². The molecule has 2 rings (SSSR count). The maximum atomic E-state index is 11.7. The fourth-order valence-electron chi connectivity index (χ4n) is 2.06. The minimum atomic E-state index is -0.920. The van der Waals surface area contributed by atoms with Crippen LogP contribution in [0.5, 0.6) is 0 Å². The molecule has 5 heteroatoms. The lowest BCUT2D eigenvalue weighted by Gasteiger charge is -2.22. The molecule has 0 aromatic heterocycles. The van der Waals surface area contributed by atoms with Crippen LogP contribution in [-0.2, 0) is 15.1 Å². The molecule has 1 saturated heterocycles. The van der Waals surface area contributed by atoms with Crippen molar-refractivity contribution in [3.05, 3.63) is 35.9 Å². The first kappa shape index (κ1) is 12.4. The highest BCUT2D eigenvalue weighted by Gasteiger charge is 2.42. The predicted octanol–water partition coefficient (Wildman–Crippen LogP) is 1.83. The van der Waals surface area contributed by atoms with Gasteiger partial charge >= 0.3 is 12.1 Å². The van der Waals surface area contributed by atoms with Crippen LogP contribution in [0.2, 0.25) is 0 Å². The topological polar surface area (TPSA) is 66.8 Å². The molecular formula is C13H15NO4. The molecule has 18 heavy (non-hydrogen) atoms. The molecule has 1 N–H and O–H groups in total. The number of ether oxygens (including phenoxy) is 1. The molecule has 1 heterocycles. The number of hydrogen-bond donors (Lipinski definition) is 1. The number of carboxylic acids is 1. The number of carbonyl (C=O) groups is 2. The molecule has 1 unspecified atom stereocenters. The van der Waals surface area contributed by atoms with E-state index < -0.39 is 17.7 Å². The van der Waals surface area contributed by atoms with Gasteiger partial charge in [-0.1, -0.05) is 30.3 Å². The molecule has 5 nitrogen and oxygen atoms in total. The van der Waals surface area contributed by atoms with Crippen molar-refractivity contribution in [1.29, 1.82) is 0 Å². The summed E-state index contributed by atoms with van der Waals surface area (Å²) in [6, 6.07) is 9.45. The second-order valence-electron chi connectivity index (χ2n) is 4.53. The quantitative estimate of drug-likeness (QED) is 0.884. The number of aliphatic carboxylic acids is 1. The van der Waals surface area contributed by atoms with E-state index in [0.717, 1.165) is 5.56 Å². The van der Waals surface area contributed by atoms with E-state index >= 15 is 0 Å². The maximum absolute atomic E-state index is 11.7. The van der Waals surface area contributed by atoms with Crippen LogP contribution in [0, 0.1) is 0 Å². The largest absolute Gasteiger partial charge is 0.481 e. The lowest BCUT2D eigenvalue weighted by atomic mass is 9.96. The van der Waals surface area contributed by atoms with Gasteiger partial charge in [-0.25, -0.2) is 4.79 Å². The standard InChI is InChI=1S/C13H15NO4/c1-13(10-5-3-2-4-6-10)9-14(12(17)18-13)8-7-11(15)16/h2-6H,7-9H2,1H3,(H,15,16). The van der Waals surface area contributed by atoms with E-state index in [1.807, 2.05) is 37.3 Å². The number of carboxylic acid groups (broad SMARTS) is 1. The Morgan fingerprint density at radius 1 is 1.44 bits per heavy atom. The molecule has 1 aliphatic rings. The van der Waals surface area contributed by atoms with Crippen molar-refractivity contribution in [2.24, 2.45) is 0 Å². The zero-order valence-electron chi connectivity index (χ0n) is 10.1. The third kappa shape index (κ3) is 2.45. The Morgan fingerprint density at radius 3 is 2.72 bits per heavy atom. The monoisotopic (exact) mass is 249 g/mol. The highest BCUT2D eigenvalue weighted by atomic mass is 16.6. The molecule has 1 amide bonds. The molecule has 0 bridgehead atoms. The first-order valence-electron chi connectivity index (χ1n) is 5.76. The van der Waals surface area contributed by atoms with Gasteiger partial charge in [0, 0.05) is 6.54 Å². The molecule has 1 aliphatic heterocycles. The summed E-state index contributed by atoms with van der Waals surface area (Å²) in [4.78, 5) is 23.6. The molecule has 1 aromatic rings. The Morgan fingerprint density at radius 2 is 2.11 bits per heavy atom. The first-order valence-corrected chi connectivity index (χ1v) is 5.76. The molecule has 0 spiro atoms. The van der Waals surface area contributed by atoms with Gasteiger partial charge in [-0.05, 0) is 12.5 Å². The summed E-state index contributed by atoms with van der Waals surface area (Å²) >= 11 is 0. The van der Waals surface area contributed by atoms with Gasteiger partial charge in [0.1, 0.15) is 0 Å². The number of nitrogens with zero attached hydrogens (tertiary/aromatic N) is 1. The molecular weight excluding hydrogens is 234 g/mol. The molecule has 96 valence electrons. The summed E-state index contributed by atoms with van der Waals surface area (Å²) in [5.74, 6) is -0.920. The van der Waals surface area contributed by atoms with Crippen LogP contribution in [0.4, 0.5) is 4.79 Å². The van der Waals surface area contributed by atoms with Crippen LogP contribution < -0.4 is 0 Å². The summed E-state index contributed by atoms with van der Waals surface area (Å²) in [6.45, 7) is 2.39. The molecule has 0 aliphatic carbocycles. The van der Waals surface area contributed by atoms with Crippen molar-refractivity contribution in [2.75, 3.05) is 13.1 Å². The minimum Gasteiger partial charge on any atom is -0.481 e. The summed E-state index contributed by atoms with van der Waals surface area (Å²) in [5.41, 5.74) is 0.216. The summed E-state index contributed by atoms with van der Waals surface area (Å²) in [7, 11) is 0. The summed E-state index contributed by atoms with van der Waals surface area (Å²) in [6.07, 6.45) is -0.525. The smallest absolute Gasteiger partial charge is 0.410 e. The lowest BCUT2D eigenvalue weighted by molar-refractivity contribution is -0.137. The fraction of sp³-hybridized carbons (Fsp3) is 0.385. The first-order chi connectivity index (χ1) is 8.51. The summed E-state index contributed by atoms with van der Waals surface area (Å²) in [5, 5.41) is 8.63. The van der Waals surface area contributed by atoms with Crippen molar-refractivity contribution in [2.45, 2.75) is 18.9 Å².